The second-order valence-electron chi connectivity index (χ2n) is 8.07. The molecule has 36 heavy (non-hydrogen) atoms. The zero-order valence-electron chi connectivity index (χ0n) is 19.6. The van der Waals surface area contributed by atoms with Crippen LogP contribution in [0.2, 0.25) is 0 Å². The lowest BCUT2D eigenvalue weighted by Crippen LogP contribution is -2.33. The summed E-state index contributed by atoms with van der Waals surface area (Å²) in [7, 11) is -6.20. The van der Waals surface area contributed by atoms with Crippen molar-refractivity contribution in [3.63, 3.8) is 0 Å². The predicted molar refractivity (Wildman–Crippen MR) is 133 cm³/mol. The van der Waals surface area contributed by atoms with Crippen molar-refractivity contribution in [3.05, 3.63) is 59.1 Å². The summed E-state index contributed by atoms with van der Waals surface area (Å²) in [4.78, 5) is 14.5. The first kappa shape index (κ1) is 25.7. The van der Waals surface area contributed by atoms with Gasteiger partial charge in [-0.3, -0.25) is 14.1 Å². The molecule has 192 valence electrons. The number of carbonyl (C=O) groups excluding carboxylic acids is 1. The van der Waals surface area contributed by atoms with E-state index in [2.05, 4.69) is 14.8 Å². The van der Waals surface area contributed by atoms with Crippen LogP contribution in [0, 0.1) is 5.82 Å². The molecular formula is C22H24FN4O7PS. The minimum atomic E-state index is -3.94. The smallest absolute Gasteiger partial charge is 0.348 e. The summed E-state index contributed by atoms with van der Waals surface area (Å²) < 4.78 is 67.6. The van der Waals surface area contributed by atoms with E-state index in [4.69, 9.17) is 9.26 Å². The number of nitrogens with one attached hydrogen (secondary N) is 2. The van der Waals surface area contributed by atoms with E-state index in [1.165, 1.54) is 48.4 Å². The molecule has 1 unspecified atom stereocenters. The molecular weight excluding hydrogens is 514 g/mol. The summed E-state index contributed by atoms with van der Waals surface area (Å²) in [5.41, 5.74) is 0.848. The van der Waals surface area contributed by atoms with Crippen LogP contribution in [0.5, 0.6) is 5.75 Å². The van der Waals surface area contributed by atoms with Crippen molar-refractivity contribution in [1.29, 1.82) is 0 Å². The number of amidine groups is 1. The normalized spacial score (nSPS) is 19.6. The summed E-state index contributed by atoms with van der Waals surface area (Å²) in [6.07, 6.45) is 0.984. The third kappa shape index (κ3) is 5.08. The van der Waals surface area contributed by atoms with Crippen molar-refractivity contribution in [2.45, 2.75) is 13.5 Å². The fourth-order valence-electron chi connectivity index (χ4n) is 3.87. The molecule has 0 saturated heterocycles. The maximum absolute atomic E-state index is 13.7. The van der Waals surface area contributed by atoms with Gasteiger partial charge in [-0.15, -0.1) is 0 Å². The Morgan fingerprint density at radius 3 is 2.69 bits per heavy atom. The highest BCUT2D eigenvalue weighted by Gasteiger charge is 2.40. The number of amides is 1. The SMILES string of the molecule is CCOP1(=O)N=C(C2=C(O)CN(Cc3ccc(F)c(OC)c3)C2=O)Nc2ccc(NS(C)(=O)=O)cc21. The van der Waals surface area contributed by atoms with Gasteiger partial charge in [-0.2, -0.15) is 4.76 Å². The third-order valence-corrected chi connectivity index (χ3v) is 8.01. The van der Waals surface area contributed by atoms with Gasteiger partial charge in [0.1, 0.15) is 11.3 Å². The number of benzene rings is 2. The molecule has 4 rings (SSSR count). The van der Waals surface area contributed by atoms with E-state index in [0.717, 1.165) is 6.26 Å². The van der Waals surface area contributed by atoms with Crippen LogP contribution in [0.25, 0.3) is 0 Å². The number of aliphatic hydroxyl groups is 1. The fourth-order valence-corrected chi connectivity index (χ4v) is 6.23. The Balaban J connectivity index is 1.65. The Morgan fingerprint density at radius 1 is 1.28 bits per heavy atom. The van der Waals surface area contributed by atoms with Crippen LogP contribution in [0.4, 0.5) is 15.8 Å². The molecule has 14 heteroatoms. The molecule has 1 amide bonds. The number of ether oxygens (including phenoxy) is 1. The van der Waals surface area contributed by atoms with Crippen molar-refractivity contribution in [1.82, 2.24) is 4.90 Å². The lowest BCUT2D eigenvalue weighted by Gasteiger charge is -2.25. The van der Waals surface area contributed by atoms with Crippen LogP contribution in [0.15, 0.2) is 52.5 Å². The number of aliphatic hydroxyl groups excluding tert-OH is 1. The lowest BCUT2D eigenvalue weighted by molar-refractivity contribution is -0.125. The molecule has 0 spiro atoms. The minimum Gasteiger partial charge on any atom is -0.509 e. The molecule has 0 fully saturated rings. The van der Waals surface area contributed by atoms with Crippen molar-refractivity contribution >= 4 is 46.0 Å². The molecule has 2 aromatic rings. The summed E-state index contributed by atoms with van der Waals surface area (Å²) >= 11 is 0. The molecule has 2 heterocycles. The molecule has 3 N–H and O–H groups in total. The number of carbonyl (C=O) groups is 1. The van der Waals surface area contributed by atoms with Gasteiger partial charge in [0.15, 0.2) is 17.4 Å². The number of hydrogen-bond acceptors (Lipinski definition) is 8. The Kier molecular flexibility index (Phi) is 6.82. The molecule has 2 aliphatic rings. The van der Waals surface area contributed by atoms with Crippen molar-refractivity contribution in [2.24, 2.45) is 4.76 Å². The molecule has 0 radical (unpaired) electrons. The Hall–Kier alpha value is -3.41. The third-order valence-electron chi connectivity index (χ3n) is 5.35. The number of methoxy groups -OCH3 is 1. The van der Waals surface area contributed by atoms with Gasteiger partial charge >= 0.3 is 7.52 Å². The second kappa shape index (κ2) is 9.57. The summed E-state index contributed by atoms with van der Waals surface area (Å²) in [5.74, 6) is -1.53. The van der Waals surface area contributed by atoms with Gasteiger partial charge in [0.05, 0.1) is 37.5 Å². The first-order valence-corrected chi connectivity index (χ1v) is 14.2. The topological polar surface area (TPSA) is 147 Å². The highest BCUT2D eigenvalue weighted by molar-refractivity contribution is 7.92. The average molecular weight is 538 g/mol. The Labute approximate surface area is 207 Å². The maximum atomic E-state index is 13.7. The Bertz CT molecular complexity index is 1460. The lowest BCUT2D eigenvalue weighted by atomic mass is 10.2. The summed E-state index contributed by atoms with van der Waals surface area (Å²) in [6.45, 7) is 1.55. The molecule has 0 saturated carbocycles. The molecule has 11 nitrogen and oxygen atoms in total. The summed E-state index contributed by atoms with van der Waals surface area (Å²) in [6, 6.07) is 8.44. The van der Waals surface area contributed by atoms with E-state index in [1.807, 2.05) is 0 Å². The van der Waals surface area contributed by atoms with E-state index in [0.29, 0.717) is 5.56 Å². The minimum absolute atomic E-state index is 0.0221. The quantitative estimate of drug-likeness (QED) is 0.435. The highest BCUT2D eigenvalue weighted by Crippen LogP contribution is 2.52. The van der Waals surface area contributed by atoms with Gasteiger partial charge in [0.25, 0.3) is 5.91 Å². The molecule has 0 bridgehead atoms. The first-order valence-electron chi connectivity index (χ1n) is 10.7. The number of sulfonamides is 1. The molecule has 1 atom stereocenters. The largest absolute Gasteiger partial charge is 0.509 e. The van der Waals surface area contributed by atoms with Crippen LogP contribution in [-0.4, -0.2) is 56.7 Å². The maximum Gasteiger partial charge on any atom is 0.348 e. The van der Waals surface area contributed by atoms with E-state index in [-0.39, 0.29) is 59.3 Å². The zero-order chi connectivity index (χ0) is 26.3. The van der Waals surface area contributed by atoms with Gasteiger partial charge in [0.2, 0.25) is 10.0 Å². The number of hydrogen-bond donors (Lipinski definition) is 3. The monoisotopic (exact) mass is 538 g/mol. The van der Waals surface area contributed by atoms with Gasteiger partial charge in [-0.1, -0.05) is 6.07 Å². The molecule has 0 aromatic heterocycles. The Morgan fingerprint density at radius 2 is 2.03 bits per heavy atom. The number of nitrogens with zero attached hydrogens (tertiary/aromatic N) is 2. The first-order chi connectivity index (χ1) is 16.9. The number of rotatable bonds is 8. The van der Waals surface area contributed by atoms with Crippen molar-refractivity contribution in [2.75, 3.05) is 36.6 Å². The molecule has 2 aliphatic heterocycles. The van der Waals surface area contributed by atoms with Crippen LogP contribution in [0.3, 0.4) is 0 Å². The standard InChI is InChI=1S/C22H24FN4O7PS/c1-4-34-35(30)19-10-14(26-36(3,31)32)6-8-16(19)24-21(25-35)20-17(28)12-27(22(20)29)11-13-5-7-15(23)18(9-13)33-2/h5-10,26,28H,4,11-12H2,1-3H3,(H,24,25,30). The number of fused-ring (bicyclic) bond motifs is 1. The van der Waals surface area contributed by atoms with E-state index >= 15 is 0 Å². The van der Waals surface area contributed by atoms with Crippen LogP contribution < -0.4 is 20.1 Å². The van der Waals surface area contributed by atoms with E-state index < -0.39 is 29.3 Å². The van der Waals surface area contributed by atoms with Crippen molar-refractivity contribution in [3.8, 4) is 5.75 Å². The highest BCUT2D eigenvalue weighted by atomic mass is 32.2. The molecule has 2 aromatic carbocycles. The van der Waals surface area contributed by atoms with Gasteiger partial charge in [-0.25, -0.2) is 12.8 Å². The van der Waals surface area contributed by atoms with E-state index in [9.17, 15) is 27.3 Å². The molecule has 0 aliphatic carbocycles. The van der Waals surface area contributed by atoms with E-state index in [1.54, 1.807) is 6.92 Å². The average Bonchev–Trinajstić information content (AvgIpc) is 3.07. The predicted octanol–water partition coefficient (Wildman–Crippen LogP) is 2.74. The van der Waals surface area contributed by atoms with Crippen LogP contribution in [-0.2, 0) is 30.5 Å². The van der Waals surface area contributed by atoms with Gasteiger partial charge in [-0.05, 0) is 42.8 Å². The van der Waals surface area contributed by atoms with Crippen molar-refractivity contribution < 1.29 is 36.5 Å². The van der Waals surface area contributed by atoms with Gasteiger partial charge in [0, 0.05) is 12.2 Å². The van der Waals surface area contributed by atoms with Crippen LogP contribution in [0.1, 0.15) is 12.5 Å². The number of halogens is 1. The zero-order valence-corrected chi connectivity index (χ0v) is 21.3. The summed E-state index contributed by atoms with van der Waals surface area (Å²) in [5, 5.41) is 13.6. The second-order valence-corrected chi connectivity index (χ2v) is 11.8. The van der Waals surface area contributed by atoms with Gasteiger partial charge < -0.3 is 24.6 Å². The van der Waals surface area contributed by atoms with Crippen LogP contribution >= 0.6 is 7.52 Å². The fraction of sp³-hybridized carbons (Fsp3) is 0.273. The number of anilines is 2.